The molecule has 0 saturated heterocycles. The number of thiophene rings is 1. The van der Waals surface area contributed by atoms with Gasteiger partial charge in [0.05, 0.1) is 0 Å². The summed E-state index contributed by atoms with van der Waals surface area (Å²) in [6, 6.07) is 1.67. The fourth-order valence-electron chi connectivity index (χ4n) is 0.612. The number of hydrogen-bond acceptors (Lipinski definition) is 3. The molecule has 0 radical (unpaired) electrons. The predicted octanol–water partition coefficient (Wildman–Crippen LogP) is 1.03. The van der Waals surface area contributed by atoms with Crippen molar-refractivity contribution in [2.24, 2.45) is 5.73 Å². The molecule has 0 saturated carbocycles. The van der Waals surface area contributed by atoms with Crippen molar-refractivity contribution in [2.75, 3.05) is 0 Å². The van der Waals surface area contributed by atoms with Gasteiger partial charge in [-0.2, -0.15) is 0 Å². The van der Waals surface area contributed by atoms with Crippen LogP contribution in [-0.4, -0.2) is 11.0 Å². The molecule has 1 rings (SSSR count). The van der Waals surface area contributed by atoms with E-state index in [0.29, 0.717) is 4.88 Å². The molecule has 3 nitrogen and oxygen atoms in total. The Morgan fingerprint density at radius 1 is 1.82 bits per heavy atom. The van der Waals surface area contributed by atoms with Crippen LogP contribution in [0.15, 0.2) is 15.9 Å². The van der Waals surface area contributed by atoms with Crippen molar-refractivity contribution < 1.29 is 9.90 Å². The summed E-state index contributed by atoms with van der Waals surface area (Å²) in [5.74, 6) is -0.723. The van der Waals surface area contributed by atoms with Gasteiger partial charge in [0.15, 0.2) is 6.10 Å². The normalized spacial score (nSPS) is 12.9. The van der Waals surface area contributed by atoms with Gasteiger partial charge in [-0.3, -0.25) is 4.79 Å². The maximum Gasteiger partial charge on any atom is 0.251 e. The highest BCUT2D eigenvalue weighted by Gasteiger charge is 2.14. The van der Waals surface area contributed by atoms with E-state index in [1.165, 1.54) is 11.3 Å². The first-order valence-electron chi connectivity index (χ1n) is 2.82. The van der Waals surface area contributed by atoms with E-state index < -0.39 is 12.0 Å². The summed E-state index contributed by atoms with van der Waals surface area (Å²) in [4.78, 5) is 11.0. The van der Waals surface area contributed by atoms with Gasteiger partial charge in [0, 0.05) is 14.7 Å². The number of rotatable bonds is 2. The SMILES string of the molecule is NC(=O)C(O)c1cc(Br)cs1. The Bertz CT molecular complexity index is 273. The van der Waals surface area contributed by atoms with Crippen LogP contribution in [0.3, 0.4) is 0 Å². The van der Waals surface area contributed by atoms with Gasteiger partial charge in [0.25, 0.3) is 5.91 Å². The van der Waals surface area contributed by atoms with Crippen molar-refractivity contribution in [3.63, 3.8) is 0 Å². The molecule has 1 aromatic heterocycles. The smallest absolute Gasteiger partial charge is 0.251 e. The lowest BCUT2D eigenvalue weighted by Crippen LogP contribution is -2.19. The summed E-state index contributed by atoms with van der Waals surface area (Å²) < 4.78 is 0.845. The third-order valence-corrected chi connectivity index (χ3v) is 2.87. The average molecular weight is 236 g/mol. The molecule has 0 bridgehead atoms. The number of nitrogens with two attached hydrogens (primary N) is 1. The Kier molecular flexibility index (Phi) is 2.64. The van der Waals surface area contributed by atoms with Crippen LogP contribution in [0.4, 0.5) is 0 Å². The largest absolute Gasteiger partial charge is 0.378 e. The number of primary amides is 1. The lowest BCUT2D eigenvalue weighted by molar-refractivity contribution is -0.126. The zero-order chi connectivity index (χ0) is 8.43. The second-order valence-electron chi connectivity index (χ2n) is 1.97. The Morgan fingerprint density at radius 3 is 2.82 bits per heavy atom. The highest BCUT2D eigenvalue weighted by Crippen LogP contribution is 2.24. The third-order valence-electron chi connectivity index (χ3n) is 1.13. The van der Waals surface area contributed by atoms with Crippen molar-refractivity contribution in [2.45, 2.75) is 6.10 Å². The van der Waals surface area contributed by atoms with E-state index in [4.69, 9.17) is 10.8 Å². The summed E-state index contributed by atoms with van der Waals surface area (Å²) in [6.45, 7) is 0. The van der Waals surface area contributed by atoms with Crippen molar-refractivity contribution in [1.82, 2.24) is 0 Å². The van der Waals surface area contributed by atoms with Gasteiger partial charge in [-0.05, 0) is 22.0 Å². The summed E-state index contributed by atoms with van der Waals surface area (Å²) in [6.07, 6.45) is -1.17. The van der Waals surface area contributed by atoms with Crippen LogP contribution in [0, 0.1) is 0 Å². The van der Waals surface area contributed by atoms with Gasteiger partial charge < -0.3 is 10.8 Å². The molecule has 0 fully saturated rings. The average Bonchev–Trinajstić information content (AvgIpc) is 2.34. The zero-order valence-electron chi connectivity index (χ0n) is 5.45. The molecule has 3 N–H and O–H groups in total. The molecule has 0 aliphatic carbocycles. The lowest BCUT2D eigenvalue weighted by Gasteiger charge is -2.00. The van der Waals surface area contributed by atoms with E-state index in [9.17, 15) is 4.79 Å². The first-order chi connectivity index (χ1) is 5.11. The first kappa shape index (κ1) is 8.70. The highest BCUT2D eigenvalue weighted by atomic mass is 79.9. The molecular weight excluding hydrogens is 230 g/mol. The fraction of sp³-hybridized carbons (Fsp3) is 0.167. The van der Waals surface area contributed by atoms with E-state index in [1.54, 1.807) is 11.4 Å². The van der Waals surface area contributed by atoms with Crippen molar-refractivity contribution in [1.29, 1.82) is 0 Å². The Labute approximate surface area is 76.0 Å². The van der Waals surface area contributed by atoms with Gasteiger partial charge >= 0.3 is 0 Å². The van der Waals surface area contributed by atoms with Crippen LogP contribution in [0.1, 0.15) is 11.0 Å². The van der Waals surface area contributed by atoms with Crippen molar-refractivity contribution >= 4 is 33.2 Å². The van der Waals surface area contributed by atoms with E-state index in [-0.39, 0.29) is 0 Å². The molecule has 1 amide bonds. The molecule has 1 unspecified atom stereocenters. The molecule has 0 aliphatic heterocycles. The van der Waals surface area contributed by atoms with E-state index in [2.05, 4.69) is 15.9 Å². The summed E-state index contributed by atoms with van der Waals surface area (Å²) >= 11 is 4.49. The monoisotopic (exact) mass is 235 g/mol. The molecule has 0 aliphatic rings. The molecule has 0 spiro atoms. The van der Waals surface area contributed by atoms with Crippen molar-refractivity contribution in [3.05, 3.63) is 20.8 Å². The standard InChI is InChI=1S/C6H6BrNO2S/c7-3-1-4(11-2-3)5(9)6(8)10/h1-2,5,9H,(H2,8,10). The first-order valence-corrected chi connectivity index (χ1v) is 4.50. The van der Waals surface area contributed by atoms with Crippen molar-refractivity contribution in [3.8, 4) is 0 Å². The summed E-state index contributed by atoms with van der Waals surface area (Å²) in [7, 11) is 0. The molecule has 5 heteroatoms. The Morgan fingerprint density at radius 2 is 2.45 bits per heavy atom. The maximum atomic E-state index is 10.5. The molecule has 1 atom stereocenters. The molecule has 1 heterocycles. The number of aliphatic hydroxyl groups excluding tert-OH is 1. The quantitative estimate of drug-likeness (QED) is 0.805. The Balaban J connectivity index is 2.84. The van der Waals surface area contributed by atoms with Gasteiger partial charge in [-0.15, -0.1) is 11.3 Å². The number of halogens is 1. The van der Waals surface area contributed by atoms with Crippen LogP contribution in [-0.2, 0) is 4.79 Å². The summed E-state index contributed by atoms with van der Waals surface area (Å²) in [5.41, 5.74) is 4.88. The van der Waals surface area contributed by atoms with Crippen LogP contribution >= 0.6 is 27.3 Å². The molecular formula is C6H6BrNO2S. The second kappa shape index (κ2) is 3.34. The van der Waals surface area contributed by atoms with E-state index >= 15 is 0 Å². The van der Waals surface area contributed by atoms with E-state index in [1.807, 2.05) is 0 Å². The zero-order valence-corrected chi connectivity index (χ0v) is 7.85. The fourth-order valence-corrected chi connectivity index (χ4v) is 2.05. The number of carbonyl (C=O) groups is 1. The minimum Gasteiger partial charge on any atom is -0.378 e. The second-order valence-corrected chi connectivity index (χ2v) is 3.83. The molecule has 0 aromatic carbocycles. The van der Waals surface area contributed by atoms with Crippen LogP contribution in [0.25, 0.3) is 0 Å². The Hall–Kier alpha value is -0.390. The highest BCUT2D eigenvalue weighted by molar-refractivity contribution is 9.10. The maximum absolute atomic E-state index is 10.5. The topological polar surface area (TPSA) is 63.3 Å². The van der Waals surface area contributed by atoms with Gasteiger partial charge in [0.2, 0.25) is 0 Å². The van der Waals surface area contributed by atoms with Gasteiger partial charge in [0.1, 0.15) is 0 Å². The summed E-state index contributed by atoms with van der Waals surface area (Å²) in [5, 5.41) is 10.9. The van der Waals surface area contributed by atoms with E-state index in [0.717, 1.165) is 4.47 Å². The van der Waals surface area contributed by atoms with Gasteiger partial charge in [-0.1, -0.05) is 0 Å². The van der Waals surface area contributed by atoms with Gasteiger partial charge in [-0.25, -0.2) is 0 Å². The number of amides is 1. The molecule has 1 aromatic rings. The number of carbonyl (C=O) groups excluding carboxylic acids is 1. The molecule has 11 heavy (non-hydrogen) atoms. The number of hydrogen-bond donors (Lipinski definition) is 2. The minimum absolute atomic E-state index is 0.560. The third kappa shape index (κ3) is 2.02. The van der Waals surface area contributed by atoms with Crippen LogP contribution in [0.5, 0.6) is 0 Å². The molecule has 60 valence electrons. The van der Waals surface area contributed by atoms with Crippen LogP contribution < -0.4 is 5.73 Å². The van der Waals surface area contributed by atoms with Crippen LogP contribution in [0.2, 0.25) is 0 Å². The minimum atomic E-state index is -1.17. The predicted molar refractivity (Wildman–Crippen MR) is 46.2 cm³/mol. The lowest BCUT2D eigenvalue weighted by atomic mass is 10.3. The number of aliphatic hydroxyl groups is 1.